The quantitative estimate of drug-likeness (QED) is 0.624. The van der Waals surface area contributed by atoms with E-state index in [9.17, 15) is 9.59 Å². The van der Waals surface area contributed by atoms with Crippen LogP contribution in [0.3, 0.4) is 0 Å². The number of amides is 2. The molecule has 1 aliphatic rings. The van der Waals surface area contributed by atoms with E-state index < -0.39 is 11.8 Å². The van der Waals surface area contributed by atoms with Gasteiger partial charge in [0.2, 0.25) is 0 Å². The number of imide groups is 1. The number of methoxy groups -OCH3 is 1. The minimum absolute atomic E-state index is 0.172. The summed E-state index contributed by atoms with van der Waals surface area (Å²) in [7, 11) is 1.52. The average molecular weight is 405 g/mol. The predicted molar refractivity (Wildman–Crippen MR) is 114 cm³/mol. The number of para-hydroxylation sites is 3. The Morgan fingerprint density at radius 2 is 1.48 bits per heavy atom. The number of benzene rings is 3. The van der Waals surface area contributed by atoms with Crippen LogP contribution in [0.5, 0.6) is 5.75 Å². The zero-order chi connectivity index (χ0) is 20.4. The molecule has 2 amide bonds. The van der Waals surface area contributed by atoms with Gasteiger partial charge in [0.15, 0.2) is 0 Å². The maximum atomic E-state index is 13.4. The third-order valence-electron chi connectivity index (χ3n) is 4.60. The monoisotopic (exact) mass is 404 g/mol. The van der Waals surface area contributed by atoms with Gasteiger partial charge in [-0.3, -0.25) is 9.59 Å². The van der Waals surface area contributed by atoms with Gasteiger partial charge in [-0.25, -0.2) is 4.90 Å². The van der Waals surface area contributed by atoms with Gasteiger partial charge in [0.05, 0.1) is 23.4 Å². The van der Waals surface area contributed by atoms with Gasteiger partial charge in [0.25, 0.3) is 11.8 Å². The zero-order valence-electron chi connectivity index (χ0n) is 15.6. The molecule has 6 heteroatoms. The number of hydrogen-bond acceptors (Lipinski definition) is 4. The Hall–Kier alpha value is -3.57. The van der Waals surface area contributed by atoms with E-state index in [4.69, 9.17) is 16.3 Å². The van der Waals surface area contributed by atoms with Crippen LogP contribution in [-0.2, 0) is 9.59 Å². The van der Waals surface area contributed by atoms with Gasteiger partial charge in [-0.05, 0) is 30.3 Å². The molecule has 0 spiro atoms. The van der Waals surface area contributed by atoms with Gasteiger partial charge in [-0.2, -0.15) is 0 Å². The number of ether oxygens (including phenoxy) is 1. The number of carbonyl (C=O) groups excluding carboxylic acids is 2. The van der Waals surface area contributed by atoms with Crippen LogP contribution in [0.15, 0.2) is 84.6 Å². The molecular weight excluding hydrogens is 388 g/mol. The molecule has 0 radical (unpaired) electrons. The molecule has 1 heterocycles. The van der Waals surface area contributed by atoms with Crippen molar-refractivity contribution in [2.75, 3.05) is 17.3 Å². The van der Waals surface area contributed by atoms with Crippen molar-refractivity contribution < 1.29 is 14.3 Å². The summed E-state index contributed by atoms with van der Waals surface area (Å²) in [6.07, 6.45) is 0. The van der Waals surface area contributed by atoms with Crippen molar-refractivity contribution in [2.24, 2.45) is 0 Å². The van der Waals surface area contributed by atoms with Gasteiger partial charge in [0.1, 0.15) is 11.4 Å². The van der Waals surface area contributed by atoms with Crippen molar-refractivity contribution in [3.63, 3.8) is 0 Å². The second-order valence-corrected chi connectivity index (χ2v) is 6.75. The lowest BCUT2D eigenvalue weighted by Crippen LogP contribution is -2.32. The van der Waals surface area contributed by atoms with E-state index in [2.05, 4.69) is 5.32 Å². The van der Waals surface area contributed by atoms with Gasteiger partial charge in [0, 0.05) is 11.3 Å². The minimum atomic E-state index is -0.479. The van der Waals surface area contributed by atoms with Crippen LogP contribution in [-0.4, -0.2) is 18.9 Å². The van der Waals surface area contributed by atoms with Crippen molar-refractivity contribution in [2.45, 2.75) is 0 Å². The highest BCUT2D eigenvalue weighted by Gasteiger charge is 2.41. The topological polar surface area (TPSA) is 58.6 Å². The van der Waals surface area contributed by atoms with Crippen molar-refractivity contribution in [1.29, 1.82) is 0 Å². The number of nitrogens with zero attached hydrogens (tertiary/aromatic N) is 1. The lowest BCUT2D eigenvalue weighted by Gasteiger charge is -2.17. The molecule has 29 heavy (non-hydrogen) atoms. The molecule has 0 unspecified atom stereocenters. The molecule has 4 rings (SSSR count). The van der Waals surface area contributed by atoms with E-state index in [1.54, 1.807) is 48.5 Å². The number of anilines is 2. The normalized spacial score (nSPS) is 13.8. The van der Waals surface area contributed by atoms with Crippen molar-refractivity contribution >= 4 is 40.4 Å². The molecule has 1 aliphatic heterocycles. The first-order valence-corrected chi connectivity index (χ1v) is 9.32. The van der Waals surface area contributed by atoms with Crippen molar-refractivity contribution in [1.82, 2.24) is 0 Å². The summed E-state index contributed by atoms with van der Waals surface area (Å²) in [6.45, 7) is 0. The molecule has 0 saturated heterocycles. The molecule has 0 atom stereocenters. The average Bonchev–Trinajstić information content (AvgIpc) is 2.99. The summed E-state index contributed by atoms with van der Waals surface area (Å²) in [5.41, 5.74) is 1.96. The molecule has 1 N–H and O–H groups in total. The Balaban J connectivity index is 1.89. The van der Waals surface area contributed by atoms with Crippen LogP contribution in [0, 0.1) is 0 Å². The van der Waals surface area contributed by atoms with E-state index in [-0.39, 0.29) is 11.3 Å². The lowest BCUT2D eigenvalue weighted by atomic mass is 10.0. The third kappa shape index (κ3) is 3.37. The maximum absolute atomic E-state index is 13.4. The first-order valence-electron chi connectivity index (χ1n) is 8.95. The Kier molecular flexibility index (Phi) is 5.06. The highest BCUT2D eigenvalue weighted by Crippen LogP contribution is 2.39. The van der Waals surface area contributed by atoms with Crippen LogP contribution >= 0.6 is 11.6 Å². The second kappa shape index (κ2) is 7.81. The van der Waals surface area contributed by atoms with E-state index in [0.717, 1.165) is 4.90 Å². The fourth-order valence-corrected chi connectivity index (χ4v) is 3.48. The van der Waals surface area contributed by atoms with Crippen LogP contribution in [0.25, 0.3) is 5.57 Å². The SMILES string of the molecule is COc1ccccc1C1=C(Nc2ccccc2)C(=O)N(c2ccccc2Cl)C1=O. The van der Waals surface area contributed by atoms with Crippen LogP contribution in [0.2, 0.25) is 5.02 Å². The Labute approximate surface area is 173 Å². The Bertz CT molecular complexity index is 1130. The first kappa shape index (κ1) is 18.8. The van der Waals surface area contributed by atoms with Gasteiger partial charge in [-0.15, -0.1) is 0 Å². The minimum Gasteiger partial charge on any atom is -0.496 e. The van der Waals surface area contributed by atoms with E-state index in [0.29, 0.717) is 27.7 Å². The number of carbonyl (C=O) groups is 2. The molecule has 0 saturated carbocycles. The highest BCUT2D eigenvalue weighted by atomic mass is 35.5. The molecule has 5 nitrogen and oxygen atoms in total. The Morgan fingerprint density at radius 3 is 2.21 bits per heavy atom. The summed E-state index contributed by atoms with van der Waals surface area (Å²) in [4.78, 5) is 27.9. The Morgan fingerprint density at radius 1 is 0.828 bits per heavy atom. The molecule has 0 fully saturated rings. The third-order valence-corrected chi connectivity index (χ3v) is 4.92. The number of hydrogen-bond donors (Lipinski definition) is 1. The standard InChI is InChI=1S/C23H17ClN2O3/c1-29-19-14-8-5-11-16(19)20-21(25-15-9-3-2-4-10-15)23(28)26(22(20)27)18-13-7-6-12-17(18)24/h2-14,25H,1H3. The molecular formula is C23H17ClN2O3. The number of halogens is 1. The first-order chi connectivity index (χ1) is 14.1. The lowest BCUT2D eigenvalue weighted by molar-refractivity contribution is -0.120. The molecule has 3 aromatic rings. The van der Waals surface area contributed by atoms with Gasteiger partial charge >= 0.3 is 0 Å². The van der Waals surface area contributed by atoms with Crippen LogP contribution < -0.4 is 15.0 Å². The molecule has 0 aromatic heterocycles. The summed E-state index contributed by atoms with van der Waals surface area (Å²) in [6, 6.07) is 23.1. The van der Waals surface area contributed by atoms with Gasteiger partial charge in [-0.1, -0.05) is 60.1 Å². The largest absolute Gasteiger partial charge is 0.496 e. The molecule has 144 valence electrons. The van der Waals surface area contributed by atoms with Crippen LogP contribution in [0.1, 0.15) is 5.56 Å². The molecule has 0 bridgehead atoms. The van der Waals surface area contributed by atoms with Crippen LogP contribution in [0.4, 0.5) is 11.4 Å². The number of nitrogens with one attached hydrogen (secondary N) is 1. The summed E-state index contributed by atoms with van der Waals surface area (Å²) in [5.74, 6) is -0.448. The summed E-state index contributed by atoms with van der Waals surface area (Å²) in [5, 5.41) is 3.42. The zero-order valence-corrected chi connectivity index (χ0v) is 16.3. The van der Waals surface area contributed by atoms with E-state index >= 15 is 0 Å². The summed E-state index contributed by atoms with van der Waals surface area (Å²) >= 11 is 6.29. The van der Waals surface area contributed by atoms with Crippen molar-refractivity contribution in [3.05, 3.63) is 95.1 Å². The molecule has 3 aromatic carbocycles. The van der Waals surface area contributed by atoms with Crippen molar-refractivity contribution in [3.8, 4) is 5.75 Å². The fourth-order valence-electron chi connectivity index (χ4n) is 3.26. The predicted octanol–water partition coefficient (Wildman–Crippen LogP) is 4.75. The number of rotatable bonds is 5. The van der Waals surface area contributed by atoms with E-state index in [1.807, 2.05) is 30.3 Å². The van der Waals surface area contributed by atoms with Gasteiger partial charge < -0.3 is 10.1 Å². The smallest absolute Gasteiger partial charge is 0.282 e. The maximum Gasteiger partial charge on any atom is 0.282 e. The fraction of sp³-hybridized carbons (Fsp3) is 0.0435. The summed E-state index contributed by atoms with van der Waals surface area (Å²) < 4.78 is 5.43. The molecule has 0 aliphatic carbocycles. The highest BCUT2D eigenvalue weighted by molar-refractivity contribution is 6.48. The second-order valence-electron chi connectivity index (χ2n) is 6.34. The van der Waals surface area contributed by atoms with E-state index in [1.165, 1.54) is 7.11 Å².